The number of aromatic nitrogens is 2. The third-order valence-corrected chi connectivity index (χ3v) is 2.73. The quantitative estimate of drug-likeness (QED) is 0.784. The zero-order chi connectivity index (χ0) is 15.8. The minimum Gasteiger partial charge on any atom is -0.396 e. The lowest BCUT2D eigenvalue weighted by Crippen LogP contribution is -1.91. The second-order valence-electron chi connectivity index (χ2n) is 4.23. The fraction of sp³-hybridized carbons (Fsp3) is 0.200. The number of hydrogen-bond donors (Lipinski definition) is 2. The van der Waals surface area contributed by atoms with Crippen LogP contribution in [0, 0.1) is 27.0 Å². The number of nitrogens with zero attached hydrogens (tertiary/aromatic N) is 4. The van der Waals surface area contributed by atoms with Crippen LogP contribution in [0.15, 0.2) is 24.5 Å². The summed E-state index contributed by atoms with van der Waals surface area (Å²) in [7, 11) is 1.83. The highest BCUT2D eigenvalue weighted by molar-refractivity contribution is 5.54. The fourth-order valence-electron chi connectivity index (χ4n) is 1.48. The Morgan fingerprint density at radius 1 is 1.00 bits per heavy atom. The molecule has 6 heteroatoms. The molecule has 2 heterocycles. The molecule has 0 fully saturated rings. The van der Waals surface area contributed by atoms with E-state index in [0.717, 1.165) is 16.8 Å². The first-order chi connectivity index (χ1) is 10.0. The molecule has 0 unspecified atom stereocenters. The molecular weight excluding hydrogens is 264 g/mol. The summed E-state index contributed by atoms with van der Waals surface area (Å²) in [6, 6.07) is 3.43. The number of pyridine rings is 2. The Kier molecular flexibility index (Phi) is 5.66. The Morgan fingerprint density at radius 2 is 1.52 bits per heavy atom. The van der Waals surface area contributed by atoms with E-state index in [1.54, 1.807) is 18.3 Å². The SMILES string of the molecule is [C-]#[N+]c1cc(C)c(N)cn1.[C-]#[N+]c1cc(C)c(NC)cn1. The van der Waals surface area contributed by atoms with Gasteiger partial charge in [0.05, 0.1) is 11.4 Å². The van der Waals surface area contributed by atoms with E-state index in [0.29, 0.717) is 17.3 Å². The molecule has 0 saturated carbocycles. The second kappa shape index (κ2) is 7.46. The molecule has 21 heavy (non-hydrogen) atoms. The fourth-order valence-corrected chi connectivity index (χ4v) is 1.48. The topological polar surface area (TPSA) is 72.5 Å². The molecule has 6 nitrogen and oxygen atoms in total. The van der Waals surface area contributed by atoms with E-state index >= 15 is 0 Å². The minimum atomic E-state index is 0.395. The van der Waals surface area contributed by atoms with Crippen molar-refractivity contribution < 1.29 is 0 Å². The zero-order valence-corrected chi connectivity index (χ0v) is 12.2. The molecule has 2 rings (SSSR count). The Bertz CT molecular complexity index is 709. The highest BCUT2D eigenvalue weighted by atomic mass is 14.9. The van der Waals surface area contributed by atoms with Gasteiger partial charge >= 0.3 is 0 Å². The molecule has 0 radical (unpaired) electrons. The lowest BCUT2D eigenvalue weighted by Gasteiger charge is -2.00. The highest BCUT2D eigenvalue weighted by Gasteiger charge is 1.99. The Balaban J connectivity index is 0.000000211. The highest BCUT2D eigenvalue weighted by Crippen LogP contribution is 2.17. The minimum absolute atomic E-state index is 0.395. The summed E-state index contributed by atoms with van der Waals surface area (Å²) < 4.78 is 0. The summed E-state index contributed by atoms with van der Waals surface area (Å²) in [5.74, 6) is 0.841. The van der Waals surface area contributed by atoms with Gasteiger partial charge in [0.1, 0.15) is 12.4 Å². The van der Waals surface area contributed by atoms with Gasteiger partial charge in [0.2, 0.25) is 0 Å². The number of rotatable bonds is 1. The number of nitrogens with two attached hydrogens (primary N) is 1. The van der Waals surface area contributed by atoms with Crippen molar-refractivity contribution in [2.75, 3.05) is 18.1 Å². The first-order valence-electron chi connectivity index (χ1n) is 6.13. The number of nitrogen functional groups attached to an aromatic ring is 1. The lowest BCUT2D eigenvalue weighted by atomic mass is 10.2. The molecule has 2 aromatic heterocycles. The van der Waals surface area contributed by atoms with Gasteiger partial charge in [0.15, 0.2) is 0 Å². The molecule has 0 amide bonds. The van der Waals surface area contributed by atoms with Crippen molar-refractivity contribution in [3.05, 3.63) is 58.5 Å². The van der Waals surface area contributed by atoms with E-state index in [4.69, 9.17) is 18.9 Å². The van der Waals surface area contributed by atoms with Gasteiger partial charge < -0.3 is 20.7 Å². The molecule has 0 spiro atoms. The zero-order valence-electron chi connectivity index (χ0n) is 12.2. The summed E-state index contributed by atoms with van der Waals surface area (Å²) in [5.41, 5.74) is 9.03. The maximum absolute atomic E-state index is 6.71. The second-order valence-corrected chi connectivity index (χ2v) is 4.23. The van der Waals surface area contributed by atoms with Gasteiger partial charge in [-0.05, 0) is 37.1 Å². The molecule has 0 bridgehead atoms. The number of anilines is 2. The maximum atomic E-state index is 6.71. The molecule has 0 aromatic carbocycles. The van der Waals surface area contributed by atoms with Crippen molar-refractivity contribution in [3.8, 4) is 0 Å². The van der Waals surface area contributed by atoms with E-state index in [2.05, 4.69) is 25.0 Å². The molecule has 2 aromatic rings. The van der Waals surface area contributed by atoms with Crippen molar-refractivity contribution in [1.29, 1.82) is 0 Å². The summed E-state index contributed by atoms with van der Waals surface area (Å²) in [6.45, 7) is 17.1. The predicted molar refractivity (Wildman–Crippen MR) is 84.4 cm³/mol. The molecule has 0 atom stereocenters. The van der Waals surface area contributed by atoms with Crippen LogP contribution in [-0.2, 0) is 0 Å². The standard InChI is InChI=1S/C8H9N3.C7H7N3/c1-6-4-8(10-3)11-5-7(6)9-2;1-5-3-7(9-2)10-4-6(5)8/h4-5,9H,1-2H3;3-4H,8H2,1H3. The summed E-state index contributed by atoms with van der Waals surface area (Å²) in [6.07, 6.45) is 3.17. The third-order valence-electron chi connectivity index (χ3n) is 2.73. The molecule has 0 aliphatic carbocycles. The summed E-state index contributed by atoms with van der Waals surface area (Å²) in [5, 5.41) is 2.98. The van der Waals surface area contributed by atoms with E-state index in [1.165, 1.54) is 6.20 Å². The van der Waals surface area contributed by atoms with Gasteiger partial charge in [-0.25, -0.2) is 0 Å². The van der Waals surface area contributed by atoms with Gasteiger partial charge in [0, 0.05) is 7.05 Å². The average molecular weight is 280 g/mol. The van der Waals surface area contributed by atoms with Gasteiger partial charge in [-0.1, -0.05) is 13.1 Å². The van der Waals surface area contributed by atoms with E-state index in [1.807, 2.05) is 20.9 Å². The average Bonchev–Trinajstić information content (AvgIpc) is 2.50. The van der Waals surface area contributed by atoms with Gasteiger partial charge in [0.25, 0.3) is 11.6 Å². The van der Waals surface area contributed by atoms with Crippen LogP contribution < -0.4 is 11.1 Å². The van der Waals surface area contributed by atoms with Crippen molar-refractivity contribution in [3.63, 3.8) is 0 Å². The third kappa shape index (κ3) is 4.48. The van der Waals surface area contributed by atoms with Crippen LogP contribution in [0.1, 0.15) is 11.1 Å². The van der Waals surface area contributed by atoms with Crippen LogP contribution in [-0.4, -0.2) is 17.0 Å². The van der Waals surface area contributed by atoms with Crippen molar-refractivity contribution in [1.82, 2.24) is 9.97 Å². The molecule has 0 aliphatic rings. The van der Waals surface area contributed by atoms with E-state index in [-0.39, 0.29) is 0 Å². The van der Waals surface area contributed by atoms with Crippen LogP contribution in [0.4, 0.5) is 23.0 Å². The summed E-state index contributed by atoms with van der Waals surface area (Å²) in [4.78, 5) is 14.1. The number of nitrogens with one attached hydrogen (secondary N) is 1. The van der Waals surface area contributed by atoms with Crippen molar-refractivity contribution >= 4 is 23.0 Å². The van der Waals surface area contributed by atoms with Gasteiger partial charge in [-0.3, -0.25) is 0 Å². The number of hydrogen-bond acceptors (Lipinski definition) is 4. The molecular formula is C15H16N6. The normalized spacial score (nSPS) is 8.81. The number of aryl methyl sites for hydroxylation is 2. The van der Waals surface area contributed by atoms with E-state index < -0.39 is 0 Å². The van der Waals surface area contributed by atoms with Crippen molar-refractivity contribution in [2.24, 2.45) is 0 Å². The molecule has 106 valence electrons. The maximum Gasteiger partial charge on any atom is 0.269 e. The predicted octanol–water partition coefficient (Wildman–Crippen LogP) is 3.51. The van der Waals surface area contributed by atoms with Gasteiger partial charge in [-0.2, -0.15) is 0 Å². The first kappa shape index (κ1) is 15.9. The summed E-state index contributed by atoms with van der Waals surface area (Å²) >= 11 is 0. The molecule has 0 saturated heterocycles. The molecule has 3 N–H and O–H groups in total. The van der Waals surface area contributed by atoms with Crippen LogP contribution in [0.5, 0.6) is 0 Å². The Labute approximate surface area is 124 Å². The smallest absolute Gasteiger partial charge is 0.269 e. The monoisotopic (exact) mass is 280 g/mol. The Hall–Kier alpha value is -3.12. The van der Waals surface area contributed by atoms with Crippen LogP contribution in [0.2, 0.25) is 0 Å². The Morgan fingerprint density at radius 3 is 1.95 bits per heavy atom. The first-order valence-corrected chi connectivity index (χ1v) is 6.13. The van der Waals surface area contributed by atoms with Crippen LogP contribution in [0.3, 0.4) is 0 Å². The van der Waals surface area contributed by atoms with E-state index in [9.17, 15) is 0 Å². The van der Waals surface area contributed by atoms with Gasteiger partial charge in [-0.15, -0.1) is 9.97 Å². The largest absolute Gasteiger partial charge is 0.396 e. The van der Waals surface area contributed by atoms with Crippen LogP contribution in [0.25, 0.3) is 9.69 Å². The lowest BCUT2D eigenvalue weighted by molar-refractivity contribution is 1.29. The molecule has 0 aliphatic heterocycles. The van der Waals surface area contributed by atoms with Crippen LogP contribution >= 0.6 is 0 Å². The van der Waals surface area contributed by atoms with Crippen molar-refractivity contribution in [2.45, 2.75) is 13.8 Å².